The van der Waals surface area contributed by atoms with Gasteiger partial charge in [-0.05, 0) is 30.8 Å². The first-order valence-electron chi connectivity index (χ1n) is 4.92. The van der Waals surface area contributed by atoms with Crippen molar-refractivity contribution in [3.05, 3.63) is 34.6 Å². The molecule has 0 aliphatic carbocycles. The Hall–Kier alpha value is -2.15. The largest absolute Gasteiger partial charge is 0.368 e. The Morgan fingerprint density at radius 2 is 2.00 bits per heavy atom. The van der Waals surface area contributed by atoms with E-state index >= 15 is 0 Å². The fourth-order valence-corrected chi connectivity index (χ4v) is 1.53. The molecule has 0 saturated heterocycles. The summed E-state index contributed by atoms with van der Waals surface area (Å²) in [4.78, 5) is 7.77. The average molecular weight is 248 g/mol. The van der Waals surface area contributed by atoms with E-state index in [1.807, 2.05) is 31.2 Å². The van der Waals surface area contributed by atoms with Crippen molar-refractivity contribution in [2.45, 2.75) is 6.92 Å². The standard InChI is InChI=1S/C10H12N6S/c1-6-4-2-3-5-7(6)13-9-14-8(11)15-10(17)16(9)12/h2-5H,12H2,1H3,(H3,11,13,14,15,17). The Bertz CT molecular complexity index is 606. The Labute approximate surface area is 103 Å². The van der Waals surface area contributed by atoms with E-state index in [1.54, 1.807) is 0 Å². The van der Waals surface area contributed by atoms with Crippen molar-refractivity contribution in [2.24, 2.45) is 0 Å². The molecule has 1 aromatic carbocycles. The van der Waals surface area contributed by atoms with Crippen LogP contribution in [-0.4, -0.2) is 14.6 Å². The van der Waals surface area contributed by atoms with Crippen molar-refractivity contribution in [1.29, 1.82) is 0 Å². The first-order valence-corrected chi connectivity index (χ1v) is 5.33. The van der Waals surface area contributed by atoms with E-state index < -0.39 is 0 Å². The van der Waals surface area contributed by atoms with Crippen LogP contribution in [0.5, 0.6) is 0 Å². The van der Waals surface area contributed by atoms with Gasteiger partial charge in [0.15, 0.2) is 0 Å². The molecular weight excluding hydrogens is 236 g/mol. The van der Waals surface area contributed by atoms with Crippen LogP contribution in [0.2, 0.25) is 0 Å². The van der Waals surface area contributed by atoms with Gasteiger partial charge in [-0.15, -0.1) is 0 Å². The highest BCUT2D eigenvalue weighted by molar-refractivity contribution is 7.71. The maximum Gasteiger partial charge on any atom is 0.232 e. The molecule has 0 atom stereocenters. The molecule has 0 aliphatic rings. The van der Waals surface area contributed by atoms with E-state index in [4.69, 9.17) is 23.8 Å². The second-order valence-electron chi connectivity index (χ2n) is 3.50. The smallest absolute Gasteiger partial charge is 0.232 e. The van der Waals surface area contributed by atoms with E-state index in [2.05, 4.69) is 15.3 Å². The van der Waals surface area contributed by atoms with Crippen LogP contribution in [0.15, 0.2) is 24.3 Å². The molecule has 0 radical (unpaired) electrons. The summed E-state index contributed by atoms with van der Waals surface area (Å²) in [6.45, 7) is 1.97. The van der Waals surface area contributed by atoms with Crippen LogP contribution in [0.25, 0.3) is 0 Å². The molecule has 5 N–H and O–H groups in total. The minimum absolute atomic E-state index is 0.0905. The number of para-hydroxylation sites is 1. The molecule has 17 heavy (non-hydrogen) atoms. The number of hydrogen-bond donors (Lipinski definition) is 3. The molecule has 0 aliphatic heterocycles. The van der Waals surface area contributed by atoms with Crippen molar-refractivity contribution < 1.29 is 0 Å². The van der Waals surface area contributed by atoms with Crippen LogP contribution in [0, 0.1) is 11.7 Å². The molecule has 1 aromatic heterocycles. The summed E-state index contributed by atoms with van der Waals surface area (Å²) in [6, 6.07) is 7.75. The molecule has 0 unspecified atom stereocenters. The maximum absolute atomic E-state index is 5.72. The third-order valence-corrected chi connectivity index (χ3v) is 2.54. The van der Waals surface area contributed by atoms with Gasteiger partial charge in [0.25, 0.3) is 0 Å². The molecule has 2 aromatic rings. The lowest BCUT2D eigenvalue weighted by atomic mass is 10.2. The number of nitrogens with two attached hydrogens (primary N) is 2. The van der Waals surface area contributed by atoms with Crippen LogP contribution in [0.3, 0.4) is 0 Å². The van der Waals surface area contributed by atoms with Crippen molar-refractivity contribution in [3.8, 4) is 0 Å². The molecule has 0 fully saturated rings. The highest BCUT2D eigenvalue weighted by Gasteiger charge is 2.05. The highest BCUT2D eigenvalue weighted by Crippen LogP contribution is 2.17. The second-order valence-corrected chi connectivity index (χ2v) is 3.86. The van der Waals surface area contributed by atoms with Gasteiger partial charge in [0.05, 0.1) is 0 Å². The average Bonchev–Trinajstić information content (AvgIpc) is 2.28. The minimum Gasteiger partial charge on any atom is -0.368 e. The molecule has 7 heteroatoms. The van der Waals surface area contributed by atoms with Gasteiger partial charge >= 0.3 is 0 Å². The lowest BCUT2D eigenvalue weighted by molar-refractivity contribution is 0.876. The van der Waals surface area contributed by atoms with Crippen LogP contribution >= 0.6 is 12.2 Å². The Morgan fingerprint density at radius 1 is 1.29 bits per heavy atom. The highest BCUT2D eigenvalue weighted by atomic mass is 32.1. The van der Waals surface area contributed by atoms with Gasteiger partial charge in [0.2, 0.25) is 16.7 Å². The quantitative estimate of drug-likeness (QED) is 0.548. The van der Waals surface area contributed by atoms with Crippen molar-refractivity contribution in [3.63, 3.8) is 0 Å². The molecular formula is C10H12N6S. The van der Waals surface area contributed by atoms with E-state index in [1.165, 1.54) is 4.68 Å². The van der Waals surface area contributed by atoms with Gasteiger partial charge < -0.3 is 16.9 Å². The predicted octanol–water partition coefficient (Wildman–Crippen LogP) is 1.36. The number of aromatic nitrogens is 3. The van der Waals surface area contributed by atoms with E-state index in [0.717, 1.165) is 11.3 Å². The monoisotopic (exact) mass is 248 g/mol. The SMILES string of the molecule is Cc1ccccc1Nc1nc(N)nc(=S)n1N. The van der Waals surface area contributed by atoms with Gasteiger partial charge in [-0.1, -0.05) is 18.2 Å². The van der Waals surface area contributed by atoms with Crippen molar-refractivity contribution in [1.82, 2.24) is 14.6 Å². The summed E-state index contributed by atoms with van der Waals surface area (Å²) in [5.74, 6) is 6.17. The number of nitrogen functional groups attached to an aromatic ring is 2. The summed E-state index contributed by atoms with van der Waals surface area (Å²) in [7, 11) is 0. The zero-order valence-corrected chi connectivity index (χ0v) is 10.0. The molecule has 2 rings (SSSR count). The molecule has 0 spiro atoms. The molecule has 0 saturated carbocycles. The summed E-state index contributed by atoms with van der Waals surface area (Å²) in [6.07, 6.45) is 0. The number of hydrogen-bond acceptors (Lipinski definition) is 6. The van der Waals surface area contributed by atoms with Gasteiger partial charge in [-0.3, -0.25) is 0 Å². The van der Waals surface area contributed by atoms with E-state index in [0.29, 0.717) is 5.95 Å². The lowest BCUT2D eigenvalue weighted by Gasteiger charge is -2.11. The molecule has 6 nitrogen and oxygen atoms in total. The third kappa shape index (κ3) is 2.34. The number of aryl methyl sites for hydroxylation is 1. The normalized spacial score (nSPS) is 10.2. The number of nitrogens with zero attached hydrogens (tertiary/aromatic N) is 3. The number of anilines is 3. The second kappa shape index (κ2) is 4.38. The maximum atomic E-state index is 5.72. The Balaban J connectivity index is 2.44. The zero-order valence-electron chi connectivity index (χ0n) is 9.21. The fraction of sp³-hybridized carbons (Fsp3) is 0.100. The van der Waals surface area contributed by atoms with Crippen LogP contribution in [0.4, 0.5) is 17.6 Å². The summed E-state index contributed by atoms with van der Waals surface area (Å²) in [5, 5.41) is 3.06. The first-order chi connectivity index (χ1) is 8.08. The number of nitrogens with one attached hydrogen (secondary N) is 1. The molecule has 88 valence electrons. The van der Waals surface area contributed by atoms with Crippen molar-refractivity contribution >= 4 is 29.8 Å². The topological polar surface area (TPSA) is 94.8 Å². The Kier molecular flexibility index (Phi) is 2.92. The molecule has 0 bridgehead atoms. The van der Waals surface area contributed by atoms with Crippen LogP contribution in [-0.2, 0) is 0 Å². The zero-order chi connectivity index (χ0) is 12.4. The lowest BCUT2D eigenvalue weighted by Crippen LogP contribution is -2.19. The summed E-state index contributed by atoms with van der Waals surface area (Å²) in [5.41, 5.74) is 7.48. The summed E-state index contributed by atoms with van der Waals surface area (Å²) < 4.78 is 1.35. The molecule has 0 amide bonds. The summed E-state index contributed by atoms with van der Waals surface area (Å²) >= 11 is 4.94. The van der Waals surface area contributed by atoms with Gasteiger partial charge in [0.1, 0.15) is 0 Å². The number of benzene rings is 1. The fourth-order valence-electron chi connectivity index (χ4n) is 1.35. The first kappa shape index (κ1) is 11.3. The predicted molar refractivity (Wildman–Crippen MR) is 69.9 cm³/mol. The minimum atomic E-state index is 0.0905. The number of rotatable bonds is 2. The van der Waals surface area contributed by atoms with Gasteiger partial charge in [-0.25, -0.2) is 4.68 Å². The van der Waals surface area contributed by atoms with Crippen LogP contribution < -0.4 is 16.9 Å². The van der Waals surface area contributed by atoms with E-state index in [9.17, 15) is 0 Å². The van der Waals surface area contributed by atoms with E-state index in [-0.39, 0.29) is 10.7 Å². The van der Waals surface area contributed by atoms with Gasteiger partial charge in [-0.2, -0.15) is 9.97 Å². The third-order valence-electron chi connectivity index (χ3n) is 2.26. The van der Waals surface area contributed by atoms with Crippen molar-refractivity contribution in [2.75, 3.05) is 16.9 Å². The Morgan fingerprint density at radius 3 is 2.71 bits per heavy atom. The van der Waals surface area contributed by atoms with Gasteiger partial charge in [0, 0.05) is 5.69 Å². The molecule has 1 heterocycles. The van der Waals surface area contributed by atoms with Crippen LogP contribution in [0.1, 0.15) is 5.56 Å².